The molecule has 2 aromatic rings. The fraction of sp³-hybridized carbons (Fsp3) is 0.464. The van der Waals surface area contributed by atoms with Gasteiger partial charge in [-0.3, -0.25) is 9.59 Å². The number of rotatable bonds is 6. The van der Waals surface area contributed by atoms with Crippen LogP contribution in [-0.2, 0) is 14.3 Å². The predicted molar refractivity (Wildman–Crippen MR) is 129 cm³/mol. The molecule has 4 atom stereocenters. The Labute approximate surface area is 204 Å². The van der Waals surface area contributed by atoms with Crippen molar-refractivity contribution in [2.75, 3.05) is 26.2 Å². The Morgan fingerprint density at radius 2 is 1.57 bits per heavy atom. The lowest BCUT2D eigenvalue weighted by atomic mass is 9.94. The summed E-state index contributed by atoms with van der Waals surface area (Å²) in [4.78, 5) is 38.8. The van der Waals surface area contributed by atoms with Gasteiger partial charge < -0.3 is 20.1 Å². The average molecular weight is 475 g/mol. The minimum absolute atomic E-state index is 0.0187. The number of hydrogen-bond donors (Lipinski definition) is 2. The lowest BCUT2D eigenvalue weighted by molar-refractivity contribution is -0.142. The summed E-state index contributed by atoms with van der Waals surface area (Å²) in [6.07, 6.45) is 2.24. The molecule has 2 amide bonds. The van der Waals surface area contributed by atoms with Crippen LogP contribution in [0.2, 0.25) is 0 Å². The zero-order valence-electron chi connectivity index (χ0n) is 19.6. The van der Waals surface area contributed by atoms with Gasteiger partial charge in [0.15, 0.2) is 0 Å². The lowest BCUT2D eigenvalue weighted by Crippen LogP contribution is -2.41. The molecule has 1 heterocycles. The van der Waals surface area contributed by atoms with E-state index in [1.54, 1.807) is 0 Å². The van der Waals surface area contributed by atoms with Crippen LogP contribution in [-0.4, -0.2) is 54.2 Å². The number of carboxylic acid groups (broad SMARTS) is 1. The van der Waals surface area contributed by atoms with Crippen molar-refractivity contribution in [1.82, 2.24) is 10.2 Å². The molecule has 3 aliphatic carbocycles. The van der Waals surface area contributed by atoms with Crippen LogP contribution in [0.3, 0.4) is 0 Å². The summed E-state index contributed by atoms with van der Waals surface area (Å²) in [7, 11) is 0. The van der Waals surface area contributed by atoms with E-state index in [0.717, 1.165) is 19.3 Å². The first-order valence-electron chi connectivity index (χ1n) is 12.6. The van der Waals surface area contributed by atoms with E-state index in [-0.39, 0.29) is 48.0 Å². The number of nitrogens with one attached hydrogen (secondary N) is 1. The number of amides is 2. The van der Waals surface area contributed by atoms with Gasteiger partial charge in [-0.15, -0.1) is 0 Å². The molecule has 2 N–H and O–H groups in total. The van der Waals surface area contributed by atoms with E-state index in [2.05, 4.69) is 29.6 Å². The van der Waals surface area contributed by atoms with Gasteiger partial charge in [0.2, 0.25) is 5.91 Å². The molecule has 1 saturated heterocycles. The number of carbonyl (C=O) groups excluding carboxylic acids is 2. The third-order valence-electron chi connectivity index (χ3n) is 8.62. The number of aliphatic carboxylic acids is 1. The Kier molecular flexibility index (Phi) is 5.50. The molecule has 1 aliphatic heterocycles. The predicted octanol–water partition coefficient (Wildman–Crippen LogP) is 3.73. The summed E-state index contributed by atoms with van der Waals surface area (Å²) in [5, 5.41) is 12.1. The maximum Gasteiger partial charge on any atom is 0.407 e. The second-order valence-corrected chi connectivity index (χ2v) is 10.4. The quantitative estimate of drug-likeness (QED) is 0.665. The number of piperidine rings is 1. The summed E-state index contributed by atoms with van der Waals surface area (Å²) in [5.41, 5.74) is 4.74. The van der Waals surface area contributed by atoms with Crippen molar-refractivity contribution >= 4 is 18.0 Å². The average Bonchev–Trinajstić information content (AvgIpc) is 3.22. The Hall–Kier alpha value is -3.35. The number of likely N-dealkylation sites (tertiary alicyclic amines) is 1. The van der Waals surface area contributed by atoms with Gasteiger partial charge in [-0.1, -0.05) is 55.0 Å². The van der Waals surface area contributed by atoms with Gasteiger partial charge in [-0.2, -0.15) is 0 Å². The van der Waals surface area contributed by atoms with E-state index < -0.39 is 12.1 Å². The zero-order valence-corrected chi connectivity index (χ0v) is 19.6. The van der Waals surface area contributed by atoms with Crippen molar-refractivity contribution in [3.8, 4) is 11.1 Å². The molecule has 2 unspecified atom stereocenters. The van der Waals surface area contributed by atoms with Crippen molar-refractivity contribution in [2.45, 2.75) is 25.2 Å². The highest BCUT2D eigenvalue weighted by atomic mass is 16.5. The van der Waals surface area contributed by atoms with Crippen LogP contribution < -0.4 is 5.32 Å². The van der Waals surface area contributed by atoms with Crippen molar-refractivity contribution in [2.24, 2.45) is 29.6 Å². The van der Waals surface area contributed by atoms with Gasteiger partial charge in [0.25, 0.3) is 0 Å². The van der Waals surface area contributed by atoms with E-state index in [4.69, 9.17) is 4.74 Å². The third kappa shape index (κ3) is 3.87. The fourth-order valence-electron chi connectivity index (χ4n) is 6.78. The van der Waals surface area contributed by atoms with Crippen molar-refractivity contribution in [3.63, 3.8) is 0 Å². The molecule has 2 aromatic carbocycles. The number of carbonyl (C=O) groups is 3. The third-order valence-corrected chi connectivity index (χ3v) is 8.62. The number of fused-ring (bicyclic) bond motifs is 4. The SMILES string of the molecule is O=C(NC[C@@H]1CCC[C@@H]1C(=O)N1CC2C(C1)C2C(=O)O)OCC1c2ccccc2-c2ccccc21. The molecule has 3 fully saturated rings. The summed E-state index contributed by atoms with van der Waals surface area (Å²) < 4.78 is 5.65. The fourth-order valence-corrected chi connectivity index (χ4v) is 6.78. The summed E-state index contributed by atoms with van der Waals surface area (Å²) in [6.45, 7) is 1.81. The number of alkyl carbamates (subject to hydrolysis) is 1. The van der Waals surface area contributed by atoms with Crippen LogP contribution in [0.25, 0.3) is 11.1 Å². The Morgan fingerprint density at radius 3 is 2.20 bits per heavy atom. The normalized spacial score (nSPS) is 28.2. The molecule has 7 nitrogen and oxygen atoms in total. The van der Waals surface area contributed by atoms with Crippen molar-refractivity contribution in [1.29, 1.82) is 0 Å². The zero-order chi connectivity index (χ0) is 24.1. The molecule has 0 spiro atoms. The highest BCUT2D eigenvalue weighted by Crippen LogP contribution is 2.52. The molecule has 7 heteroatoms. The molecule has 2 saturated carbocycles. The number of benzene rings is 2. The highest BCUT2D eigenvalue weighted by Gasteiger charge is 2.61. The van der Waals surface area contributed by atoms with E-state index in [1.807, 2.05) is 29.2 Å². The Morgan fingerprint density at radius 1 is 0.943 bits per heavy atom. The van der Waals surface area contributed by atoms with Gasteiger partial charge in [0.1, 0.15) is 6.61 Å². The minimum atomic E-state index is -0.738. The van der Waals surface area contributed by atoms with Crippen LogP contribution in [0.1, 0.15) is 36.3 Å². The maximum atomic E-state index is 13.1. The van der Waals surface area contributed by atoms with Gasteiger partial charge in [-0.25, -0.2) is 4.79 Å². The van der Waals surface area contributed by atoms with Crippen LogP contribution in [0.15, 0.2) is 48.5 Å². The molecule has 0 bridgehead atoms. The molecular formula is C28H30N2O5. The Bertz CT molecular complexity index is 1120. The minimum Gasteiger partial charge on any atom is -0.481 e. The maximum absolute atomic E-state index is 13.1. The summed E-state index contributed by atoms with van der Waals surface area (Å²) in [6, 6.07) is 16.5. The molecule has 0 aromatic heterocycles. The standard InChI is InChI=1S/C28H30N2O5/c31-26(30-13-22-23(14-30)25(22)27(32)33)17-11-5-6-16(17)12-29-28(34)35-15-24-20-9-3-1-7-18(20)19-8-2-4-10-21(19)24/h1-4,7-10,16-17,22-25H,5-6,11-15H2,(H,29,34)(H,32,33)/t16-,17-,22?,23?,25?/m0/s1. The molecule has 0 radical (unpaired) electrons. The van der Waals surface area contributed by atoms with Gasteiger partial charge in [0.05, 0.1) is 5.92 Å². The van der Waals surface area contributed by atoms with Crippen molar-refractivity contribution < 1.29 is 24.2 Å². The number of nitrogens with zero attached hydrogens (tertiary/aromatic N) is 1. The molecule has 35 heavy (non-hydrogen) atoms. The van der Waals surface area contributed by atoms with Crippen LogP contribution in [0, 0.1) is 29.6 Å². The van der Waals surface area contributed by atoms with Crippen LogP contribution in [0.4, 0.5) is 4.79 Å². The molecule has 6 rings (SSSR count). The smallest absolute Gasteiger partial charge is 0.407 e. The van der Waals surface area contributed by atoms with Gasteiger partial charge >= 0.3 is 12.1 Å². The largest absolute Gasteiger partial charge is 0.481 e. The first kappa shape index (κ1) is 22.1. The molecule has 4 aliphatic rings. The molecule has 182 valence electrons. The Balaban J connectivity index is 1.02. The first-order valence-corrected chi connectivity index (χ1v) is 12.6. The van der Waals surface area contributed by atoms with Crippen LogP contribution >= 0.6 is 0 Å². The summed E-state index contributed by atoms with van der Waals surface area (Å²) >= 11 is 0. The number of hydrogen-bond acceptors (Lipinski definition) is 4. The first-order chi connectivity index (χ1) is 17.0. The monoisotopic (exact) mass is 474 g/mol. The van der Waals surface area contributed by atoms with E-state index in [1.165, 1.54) is 22.3 Å². The van der Waals surface area contributed by atoms with Crippen LogP contribution in [0.5, 0.6) is 0 Å². The second kappa shape index (κ2) is 8.70. The lowest BCUT2D eigenvalue weighted by Gasteiger charge is -2.26. The van der Waals surface area contributed by atoms with Gasteiger partial charge in [-0.05, 0) is 52.8 Å². The van der Waals surface area contributed by atoms with Crippen molar-refractivity contribution in [3.05, 3.63) is 59.7 Å². The number of carboxylic acids is 1. The van der Waals surface area contributed by atoms with E-state index >= 15 is 0 Å². The second-order valence-electron chi connectivity index (χ2n) is 10.4. The number of ether oxygens (including phenoxy) is 1. The topological polar surface area (TPSA) is 95.9 Å². The molecular weight excluding hydrogens is 444 g/mol. The highest BCUT2D eigenvalue weighted by molar-refractivity contribution is 5.82. The van der Waals surface area contributed by atoms with E-state index in [9.17, 15) is 19.5 Å². The summed E-state index contributed by atoms with van der Waals surface area (Å²) in [5.74, 6) is -0.638. The van der Waals surface area contributed by atoms with Gasteiger partial charge in [0, 0.05) is 31.5 Å². The van der Waals surface area contributed by atoms with E-state index in [0.29, 0.717) is 19.6 Å².